The molecule has 0 bridgehead atoms. The molecule has 0 aliphatic heterocycles. The van der Waals surface area contributed by atoms with Gasteiger partial charge in [0.15, 0.2) is 0 Å². The summed E-state index contributed by atoms with van der Waals surface area (Å²) in [6, 6.07) is 14.8. The molecule has 4 nitrogen and oxygen atoms in total. The average molecular weight is 332 g/mol. The number of carbonyl (C=O) groups is 1. The van der Waals surface area contributed by atoms with Gasteiger partial charge in [-0.2, -0.15) is 0 Å². The Bertz CT molecular complexity index is 584. The molecule has 124 valence electrons. The molecule has 23 heavy (non-hydrogen) atoms. The largest absolute Gasteiger partial charge is 0.312 e. The van der Waals surface area contributed by atoms with Gasteiger partial charge in [-0.15, -0.1) is 11.3 Å². The van der Waals surface area contributed by atoms with Crippen LogP contribution in [0, 0.1) is 0 Å². The molecule has 1 aromatic carbocycles. The monoisotopic (exact) mass is 332 g/mol. The van der Waals surface area contributed by atoms with Crippen LogP contribution < -0.4 is 10.8 Å². The smallest absolute Gasteiger partial charge is 0.243 e. The fourth-order valence-electron chi connectivity index (χ4n) is 2.39. The Labute approximate surface area is 141 Å². The first-order valence-electron chi connectivity index (χ1n) is 8.07. The van der Waals surface area contributed by atoms with Crippen molar-refractivity contribution in [3.05, 3.63) is 47.3 Å². The Kier molecular flexibility index (Phi) is 7.80. The van der Waals surface area contributed by atoms with Gasteiger partial charge in [0, 0.05) is 22.7 Å². The van der Waals surface area contributed by atoms with Gasteiger partial charge in [0.25, 0.3) is 0 Å². The highest BCUT2D eigenvalue weighted by molar-refractivity contribution is 7.15. The lowest BCUT2D eigenvalue weighted by Gasteiger charge is -2.03. The summed E-state index contributed by atoms with van der Waals surface area (Å²) in [5.41, 5.74) is 2.93. The number of thiophene rings is 1. The molecule has 1 amide bonds. The zero-order chi connectivity index (χ0) is 16.3. The molecule has 0 saturated heterocycles. The quantitative estimate of drug-likeness (QED) is 0.350. The van der Waals surface area contributed by atoms with Crippen LogP contribution in [0.3, 0.4) is 0 Å². The Balaban J connectivity index is 1.57. The minimum atomic E-state index is -0.296. The van der Waals surface area contributed by atoms with Crippen molar-refractivity contribution in [2.24, 2.45) is 0 Å². The molecule has 2 rings (SSSR count). The number of carbonyl (C=O) groups excluding carboxylic acids is 1. The number of nitrogens with one attached hydrogen (secondary N) is 2. The summed E-state index contributed by atoms with van der Waals surface area (Å²) < 4.78 is 0. The van der Waals surface area contributed by atoms with Gasteiger partial charge in [0.05, 0.1) is 0 Å². The van der Waals surface area contributed by atoms with E-state index < -0.39 is 0 Å². The number of amides is 1. The SMILES string of the molecule is O=C(CCCCCCNCc1ccc(-c2ccccc2)s1)NO. The third kappa shape index (κ3) is 6.52. The molecule has 1 aromatic heterocycles. The summed E-state index contributed by atoms with van der Waals surface area (Å²) in [4.78, 5) is 13.5. The van der Waals surface area contributed by atoms with Crippen LogP contribution in [0.4, 0.5) is 0 Å². The topological polar surface area (TPSA) is 61.4 Å². The molecule has 0 aliphatic carbocycles. The first-order valence-corrected chi connectivity index (χ1v) is 8.89. The van der Waals surface area contributed by atoms with Crippen molar-refractivity contribution in [1.29, 1.82) is 0 Å². The van der Waals surface area contributed by atoms with Crippen LogP contribution in [0.5, 0.6) is 0 Å². The first kappa shape index (κ1) is 17.7. The second-order valence-corrected chi connectivity index (χ2v) is 6.68. The van der Waals surface area contributed by atoms with E-state index >= 15 is 0 Å². The van der Waals surface area contributed by atoms with Crippen LogP contribution in [0.2, 0.25) is 0 Å². The van der Waals surface area contributed by atoms with Gasteiger partial charge < -0.3 is 5.32 Å². The second-order valence-electron chi connectivity index (χ2n) is 5.51. The van der Waals surface area contributed by atoms with Crippen molar-refractivity contribution in [1.82, 2.24) is 10.8 Å². The van der Waals surface area contributed by atoms with Crippen molar-refractivity contribution in [3.63, 3.8) is 0 Å². The van der Waals surface area contributed by atoms with Crippen LogP contribution in [0.1, 0.15) is 37.0 Å². The van der Waals surface area contributed by atoms with E-state index in [2.05, 4.69) is 41.7 Å². The number of benzene rings is 1. The van der Waals surface area contributed by atoms with Crippen LogP contribution in [-0.2, 0) is 11.3 Å². The van der Waals surface area contributed by atoms with E-state index in [4.69, 9.17) is 5.21 Å². The molecule has 0 spiro atoms. The predicted molar refractivity (Wildman–Crippen MR) is 94.5 cm³/mol. The number of rotatable bonds is 10. The van der Waals surface area contributed by atoms with Crippen molar-refractivity contribution in [2.45, 2.75) is 38.6 Å². The zero-order valence-electron chi connectivity index (χ0n) is 13.3. The highest BCUT2D eigenvalue weighted by Gasteiger charge is 2.02. The average Bonchev–Trinajstić information content (AvgIpc) is 3.06. The molecular weight excluding hydrogens is 308 g/mol. The number of unbranched alkanes of at least 4 members (excludes halogenated alkanes) is 3. The maximum Gasteiger partial charge on any atom is 0.243 e. The molecular formula is C18H24N2O2S. The van der Waals surface area contributed by atoms with Crippen LogP contribution >= 0.6 is 11.3 Å². The Hall–Kier alpha value is -1.69. The summed E-state index contributed by atoms with van der Waals surface area (Å²) in [5.74, 6) is -0.296. The van der Waals surface area contributed by atoms with Crippen molar-refractivity contribution < 1.29 is 10.0 Å². The van der Waals surface area contributed by atoms with Gasteiger partial charge >= 0.3 is 0 Å². The zero-order valence-corrected chi connectivity index (χ0v) is 14.1. The second kappa shape index (κ2) is 10.2. The first-order chi connectivity index (χ1) is 11.3. The molecule has 0 aliphatic rings. The van der Waals surface area contributed by atoms with Gasteiger partial charge in [0.2, 0.25) is 5.91 Å². The lowest BCUT2D eigenvalue weighted by Crippen LogP contribution is -2.17. The lowest BCUT2D eigenvalue weighted by molar-refractivity contribution is -0.129. The molecule has 0 atom stereocenters. The van der Waals surface area contributed by atoms with E-state index in [1.54, 1.807) is 5.48 Å². The highest BCUT2D eigenvalue weighted by Crippen LogP contribution is 2.27. The van der Waals surface area contributed by atoms with Gasteiger partial charge in [-0.05, 0) is 37.1 Å². The molecule has 5 heteroatoms. The number of hydrogen-bond donors (Lipinski definition) is 3. The number of hydrogen-bond acceptors (Lipinski definition) is 4. The summed E-state index contributed by atoms with van der Waals surface area (Å²) >= 11 is 1.83. The Morgan fingerprint density at radius 1 is 1.00 bits per heavy atom. The molecule has 0 fully saturated rings. The van der Waals surface area contributed by atoms with Crippen molar-refractivity contribution >= 4 is 17.2 Å². The lowest BCUT2D eigenvalue weighted by atomic mass is 10.1. The molecule has 0 radical (unpaired) electrons. The fourth-order valence-corrected chi connectivity index (χ4v) is 3.37. The maximum atomic E-state index is 10.8. The third-order valence-electron chi connectivity index (χ3n) is 3.65. The minimum Gasteiger partial charge on any atom is -0.312 e. The van der Waals surface area contributed by atoms with E-state index in [9.17, 15) is 4.79 Å². The Morgan fingerprint density at radius 2 is 1.78 bits per heavy atom. The van der Waals surface area contributed by atoms with E-state index in [1.807, 2.05) is 17.4 Å². The molecule has 0 saturated carbocycles. The summed E-state index contributed by atoms with van der Waals surface area (Å²) in [7, 11) is 0. The van der Waals surface area contributed by atoms with Gasteiger partial charge in [-0.3, -0.25) is 10.0 Å². The normalized spacial score (nSPS) is 10.7. The van der Waals surface area contributed by atoms with Gasteiger partial charge in [-0.1, -0.05) is 43.2 Å². The van der Waals surface area contributed by atoms with Crippen molar-refractivity contribution in [2.75, 3.05) is 6.54 Å². The minimum absolute atomic E-state index is 0.296. The molecule has 1 heterocycles. The van der Waals surface area contributed by atoms with Crippen LogP contribution in [0.15, 0.2) is 42.5 Å². The van der Waals surface area contributed by atoms with E-state index in [-0.39, 0.29) is 5.91 Å². The molecule has 2 aromatic rings. The van der Waals surface area contributed by atoms with Crippen LogP contribution in [-0.4, -0.2) is 17.7 Å². The van der Waals surface area contributed by atoms with E-state index in [0.29, 0.717) is 6.42 Å². The predicted octanol–water partition coefficient (Wildman–Crippen LogP) is 3.96. The summed E-state index contributed by atoms with van der Waals surface area (Å²) in [6.45, 7) is 1.90. The fraction of sp³-hybridized carbons (Fsp3) is 0.389. The number of hydroxylamine groups is 1. The van der Waals surface area contributed by atoms with Gasteiger partial charge in [0.1, 0.15) is 0 Å². The highest BCUT2D eigenvalue weighted by atomic mass is 32.1. The molecule has 3 N–H and O–H groups in total. The maximum absolute atomic E-state index is 10.8. The third-order valence-corrected chi connectivity index (χ3v) is 4.79. The van der Waals surface area contributed by atoms with Crippen LogP contribution in [0.25, 0.3) is 10.4 Å². The van der Waals surface area contributed by atoms with Crippen molar-refractivity contribution in [3.8, 4) is 10.4 Å². The Morgan fingerprint density at radius 3 is 2.57 bits per heavy atom. The summed E-state index contributed by atoms with van der Waals surface area (Å²) in [5, 5.41) is 11.9. The standard InChI is InChI=1S/C18H24N2O2S/c21-18(20-22)10-6-1-2-7-13-19-14-16-11-12-17(23-16)15-8-4-3-5-9-15/h3-5,8-9,11-12,19,22H,1-2,6-7,10,13-14H2,(H,20,21). The van der Waals surface area contributed by atoms with Gasteiger partial charge in [-0.25, -0.2) is 5.48 Å². The van der Waals surface area contributed by atoms with E-state index in [0.717, 1.165) is 38.8 Å². The molecule has 0 unspecified atom stereocenters. The van der Waals surface area contributed by atoms with E-state index in [1.165, 1.54) is 15.3 Å². The summed E-state index contributed by atoms with van der Waals surface area (Å²) in [6.07, 6.45) is 4.47.